The van der Waals surface area contributed by atoms with Crippen LogP contribution in [0.1, 0.15) is 18.6 Å². The number of rotatable bonds is 7. The fourth-order valence-corrected chi connectivity index (χ4v) is 3.71. The van der Waals surface area contributed by atoms with Crippen LogP contribution in [-0.4, -0.2) is 45.7 Å². The minimum atomic E-state index is 0.135. The summed E-state index contributed by atoms with van der Waals surface area (Å²) in [5, 5.41) is 4.04. The summed E-state index contributed by atoms with van der Waals surface area (Å²) in [7, 11) is 1.98. The molecule has 0 spiro atoms. The summed E-state index contributed by atoms with van der Waals surface area (Å²) in [6.07, 6.45) is 7.26. The highest BCUT2D eigenvalue weighted by molar-refractivity contribution is 7.99. The summed E-state index contributed by atoms with van der Waals surface area (Å²) in [5.41, 5.74) is 0. The lowest BCUT2D eigenvalue weighted by Crippen LogP contribution is -2.40. The Bertz CT molecular complexity index is 633. The van der Waals surface area contributed by atoms with Crippen molar-refractivity contribution in [1.82, 2.24) is 19.8 Å². The standard InChI is InChI=1S/C17H24N4O2S/c1-20-10-6-19-17(20)24-12-7-18-16(22)14-4-8-21(9-5-14)13-15-3-2-11-23-15/h2-3,6,10-11,14H,4-5,7-9,12-13H2,1H3,(H,18,22). The average Bonchev–Trinajstić information content (AvgIpc) is 3.24. The lowest BCUT2D eigenvalue weighted by molar-refractivity contribution is -0.126. The summed E-state index contributed by atoms with van der Waals surface area (Å²) in [6, 6.07) is 3.91. The third kappa shape index (κ3) is 4.64. The van der Waals surface area contributed by atoms with Crippen LogP contribution in [0, 0.1) is 5.92 Å². The average molecular weight is 348 g/mol. The third-order valence-corrected chi connectivity index (χ3v) is 5.39. The minimum absolute atomic E-state index is 0.135. The summed E-state index contributed by atoms with van der Waals surface area (Å²) in [4.78, 5) is 18.9. The van der Waals surface area contributed by atoms with E-state index in [2.05, 4.69) is 15.2 Å². The first kappa shape index (κ1) is 17.1. The van der Waals surface area contributed by atoms with E-state index in [1.807, 2.05) is 29.9 Å². The molecule has 0 aromatic carbocycles. The number of carbonyl (C=O) groups excluding carboxylic acids is 1. The number of thioether (sulfide) groups is 1. The molecule has 24 heavy (non-hydrogen) atoms. The number of aryl methyl sites for hydroxylation is 1. The van der Waals surface area contributed by atoms with Crippen LogP contribution < -0.4 is 5.32 Å². The number of piperidine rings is 1. The highest BCUT2D eigenvalue weighted by atomic mass is 32.2. The molecule has 3 heterocycles. The Morgan fingerprint density at radius 1 is 1.46 bits per heavy atom. The fraction of sp³-hybridized carbons (Fsp3) is 0.529. The summed E-state index contributed by atoms with van der Waals surface area (Å²) in [6.45, 7) is 3.41. The largest absolute Gasteiger partial charge is 0.468 e. The second-order valence-corrected chi connectivity index (χ2v) is 7.15. The Balaban J connectivity index is 1.32. The van der Waals surface area contributed by atoms with Gasteiger partial charge in [-0.05, 0) is 38.1 Å². The molecule has 1 N–H and O–H groups in total. The number of hydrogen-bond donors (Lipinski definition) is 1. The van der Waals surface area contributed by atoms with Crippen molar-refractivity contribution in [2.75, 3.05) is 25.4 Å². The van der Waals surface area contributed by atoms with Gasteiger partial charge in [0.15, 0.2) is 5.16 Å². The van der Waals surface area contributed by atoms with Gasteiger partial charge in [0, 0.05) is 37.7 Å². The van der Waals surface area contributed by atoms with Gasteiger partial charge in [-0.2, -0.15) is 0 Å². The molecule has 1 amide bonds. The number of imidazole rings is 1. The van der Waals surface area contributed by atoms with Crippen molar-refractivity contribution in [3.05, 3.63) is 36.5 Å². The summed E-state index contributed by atoms with van der Waals surface area (Å²) < 4.78 is 7.37. The molecule has 0 radical (unpaired) electrons. The van der Waals surface area contributed by atoms with Crippen LogP contribution in [0.25, 0.3) is 0 Å². The molecule has 2 aromatic heterocycles. The van der Waals surface area contributed by atoms with Crippen molar-refractivity contribution in [2.24, 2.45) is 13.0 Å². The highest BCUT2D eigenvalue weighted by Crippen LogP contribution is 2.19. The van der Waals surface area contributed by atoms with E-state index < -0.39 is 0 Å². The van der Waals surface area contributed by atoms with Crippen molar-refractivity contribution in [2.45, 2.75) is 24.5 Å². The van der Waals surface area contributed by atoms with Gasteiger partial charge >= 0.3 is 0 Å². The van der Waals surface area contributed by atoms with E-state index in [4.69, 9.17) is 4.42 Å². The zero-order valence-corrected chi connectivity index (χ0v) is 14.8. The molecule has 1 aliphatic rings. The van der Waals surface area contributed by atoms with E-state index in [-0.39, 0.29) is 11.8 Å². The van der Waals surface area contributed by atoms with Crippen LogP contribution in [0.2, 0.25) is 0 Å². The molecule has 0 bridgehead atoms. The summed E-state index contributed by atoms with van der Waals surface area (Å²) >= 11 is 1.66. The van der Waals surface area contributed by atoms with Gasteiger partial charge in [-0.3, -0.25) is 9.69 Å². The Hall–Kier alpha value is -1.73. The molecule has 6 nitrogen and oxygen atoms in total. The SMILES string of the molecule is Cn1ccnc1SCCNC(=O)C1CCN(Cc2ccco2)CC1. The van der Waals surface area contributed by atoms with Crippen molar-refractivity contribution >= 4 is 17.7 Å². The van der Waals surface area contributed by atoms with Crippen LogP contribution in [0.5, 0.6) is 0 Å². The zero-order chi connectivity index (χ0) is 16.8. The smallest absolute Gasteiger partial charge is 0.223 e. The first-order chi connectivity index (χ1) is 11.7. The second-order valence-electron chi connectivity index (χ2n) is 6.09. The van der Waals surface area contributed by atoms with Gasteiger partial charge in [0.25, 0.3) is 0 Å². The highest BCUT2D eigenvalue weighted by Gasteiger charge is 2.25. The quantitative estimate of drug-likeness (QED) is 0.613. The monoisotopic (exact) mass is 348 g/mol. The molecule has 130 valence electrons. The molecular formula is C17H24N4O2S. The van der Waals surface area contributed by atoms with Gasteiger partial charge in [-0.25, -0.2) is 4.98 Å². The number of nitrogens with one attached hydrogen (secondary N) is 1. The molecule has 7 heteroatoms. The molecule has 1 aliphatic heterocycles. The van der Waals surface area contributed by atoms with E-state index in [1.54, 1.807) is 24.2 Å². The van der Waals surface area contributed by atoms with Crippen LogP contribution in [0.3, 0.4) is 0 Å². The number of likely N-dealkylation sites (tertiary alicyclic amines) is 1. The number of nitrogens with zero attached hydrogens (tertiary/aromatic N) is 3. The van der Waals surface area contributed by atoms with Crippen LogP contribution in [0.15, 0.2) is 40.4 Å². The Kier molecular flexibility index (Phi) is 5.98. The van der Waals surface area contributed by atoms with E-state index in [0.29, 0.717) is 6.54 Å². The normalized spacial score (nSPS) is 16.4. The Morgan fingerprint density at radius 3 is 2.96 bits per heavy atom. The molecular weight excluding hydrogens is 324 g/mol. The van der Waals surface area contributed by atoms with Crippen LogP contribution >= 0.6 is 11.8 Å². The Morgan fingerprint density at radius 2 is 2.29 bits per heavy atom. The van der Waals surface area contributed by atoms with Crippen molar-refractivity contribution in [3.8, 4) is 0 Å². The fourth-order valence-electron chi connectivity index (χ4n) is 2.93. The molecule has 0 unspecified atom stereocenters. The predicted molar refractivity (Wildman–Crippen MR) is 93.7 cm³/mol. The van der Waals surface area contributed by atoms with Crippen molar-refractivity contribution < 1.29 is 9.21 Å². The number of hydrogen-bond acceptors (Lipinski definition) is 5. The van der Waals surface area contributed by atoms with Crippen molar-refractivity contribution in [3.63, 3.8) is 0 Å². The molecule has 0 saturated carbocycles. The number of aromatic nitrogens is 2. The number of furan rings is 1. The topological polar surface area (TPSA) is 63.3 Å². The molecule has 2 aromatic rings. The van der Waals surface area contributed by atoms with Crippen LogP contribution in [0.4, 0.5) is 0 Å². The van der Waals surface area contributed by atoms with Crippen molar-refractivity contribution in [1.29, 1.82) is 0 Å². The first-order valence-electron chi connectivity index (χ1n) is 8.35. The van der Waals surface area contributed by atoms with Gasteiger partial charge in [-0.15, -0.1) is 0 Å². The van der Waals surface area contributed by atoms with Gasteiger partial charge < -0.3 is 14.3 Å². The molecule has 1 saturated heterocycles. The van der Waals surface area contributed by atoms with E-state index >= 15 is 0 Å². The van der Waals surface area contributed by atoms with Gasteiger partial charge in [-0.1, -0.05) is 11.8 Å². The lowest BCUT2D eigenvalue weighted by atomic mass is 9.96. The zero-order valence-electron chi connectivity index (χ0n) is 14.0. The number of amides is 1. The molecule has 0 atom stereocenters. The van der Waals surface area contributed by atoms with E-state index in [9.17, 15) is 4.79 Å². The maximum atomic E-state index is 12.3. The van der Waals surface area contributed by atoms with Crippen LogP contribution in [-0.2, 0) is 18.4 Å². The first-order valence-corrected chi connectivity index (χ1v) is 9.33. The van der Waals surface area contributed by atoms with E-state index in [0.717, 1.165) is 49.1 Å². The van der Waals surface area contributed by atoms with E-state index in [1.165, 1.54) is 0 Å². The van der Waals surface area contributed by atoms with Gasteiger partial charge in [0.05, 0.1) is 12.8 Å². The van der Waals surface area contributed by atoms with Gasteiger partial charge in [0.1, 0.15) is 5.76 Å². The molecule has 1 fully saturated rings. The predicted octanol–water partition coefficient (Wildman–Crippen LogP) is 2.13. The van der Waals surface area contributed by atoms with Gasteiger partial charge in [0.2, 0.25) is 5.91 Å². The second kappa shape index (κ2) is 8.39. The minimum Gasteiger partial charge on any atom is -0.468 e. The lowest BCUT2D eigenvalue weighted by Gasteiger charge is -2.30. The maximum Gasteiger partial charge on any atom is 0.223 e. The summed E-state index contributed by atoms with van der Waals surface area (Å²) in [5.74, 6) is 2.15. The molecule has 3 rings (SSSR count). The molecule has 0 aliphatic carbocycles. The Labute approximate surface area is 146 Å². The number of carbonyl (C=O) groups is 1. The maximum absolute atomic E-state index is 12.3. The third-order valence-electron chi connectivity index (χ3n) is 4.33.